The van der Waals surface area contributed by atoms with Crippen LogP contribution in [0.5, 0.6) is 5.75 Å². The molecule has 0 radical (unpaired) electrons. The predicted octanol–water partition coefficient (Wildman–Crippen LogP) is 5.62. The fraction of sp³-hybridized carbons (Fsp3) is 0.174. The number of rotatable bonds is 10. The van der Waals surface area contributed by atoms with Crippen molar-refractivity contribution in [2.75, 3.05) is 17.7 Å². The lowest BCUT2D eigenvalue weighted by Gasteiger charge is -2.16. The Hall–Kier alpha value is -2.63. The Morgan fingerprint density at radius 3 is 2.34 bits per heavy atom. The first kappa shape index (κ1) is 21.1. The topological polar surface area (TPSA) is 58.6 Å². The molecule has 0 amide bonds. The lowest BCUT2D eigenvalue weighted by Crippen LogP contribution is -2.31. The molecule has 3 aromatic rings. The maximum Gasteiger partial charge on any atom is 0.326 e. The van der Waals surface area contributed by atoms with Crippen LogP contribution in [-0.2, 0) is 11.2 Å². The van der Waals surface area contributed by atoms with Gasteiger partial charge < -0.3 is 15.2 Å². The highest BCUT2D eigenvalue weighted by Crippen LogP contribution is 2.21. The zero-order valence-corrected chi connectivity index (χ0v) is 17.3. The first-order chi connectivity index (χ1) is 14.1. The van der Waals surface area contributed by atoms with E-state index in [1.54, 1.807) is 11.8 Å². The molecule has 4 nitrogen and oxygen atoms in total. The molecule has 2 N–H and O–H groups in total. The maximum atomic E-state index is 11.6. The summed E-state index contributed by atoms with van der Waals surface area (Å²) in [5.41, 5.74) is 1.72. The Morgan fingerprint density at radius 1 is 1.00 bits per heavy atom. The molecule has 1 unspecified atom stereocenters. The summed E-state index contributed by atoms with van der Waals surface area (Å²) in [5.74, 6) is 0.715. The van der Waals surface area contributed by atoms with Crippen LogP contribution in [0, 0.1) is 0 Å². The van der Waals surface area contributed by atoms with Gasteiger partial charge in [0.05, 0.1) is 6.61 Å². The fourth-order valence-corrected chi connectivity index (χ4v) is 3.60. The fourth-order valence-electron chi connectivity index (χ4n) is 2.74. The lowest BCUT2D eigenvalue weighted by atomic mass is 10.1. The summed E-state index contributed by atoms with van der Waals surface area (Å²) in [4.78, 5) is 12.7. The highest BCUT2D eigenvalue weighted by atomic mass is 35.5. The molecule has 0 saturated heterocycles. The van der Waals surface area contributed by atoms with E-state index in [2.05, 4.69) is 5.32 Å². The number of nitrogens with one attached hydrogen (secondary N) is 1. The molecule has 1 atom stereocenters. The number of carboxylic acids is 1. The zero-order valence-electron chi connectivity index (χ0n) is 15.8. The van der Waals surface area contributed by atoms with Gasteiger partial charge in [-0.1, -0.05) is 41.9 Å². The molecule has 3 rings (SSSR count). The molecule has 0 aliphatic carbocycles. The average Bonchev–Trinajstić information content (AvgIpc) is 2.74. The number of anilines is 1. The van der Waals surface area contributed by atoms with Crippen LogP contribution in [0.1, 0.15) is 5.56 Å². The van der Waals surface area contributed by atoms with E-state index in [0.717, 1.165) is 32.7 Å². The molecule has 0 bridgehead atoms. The maximum absolute atomic E-state index is 11.6. The van der Waals surface area contributed by atoms with Crippen LogP contribution in [0.3, 0.4) is 0 Å². The predicted molar refractivity (Wildman–Crippen MR) is 119 cm³/mol. The second-order valence-corrected chi connectivity index (χ2v) is 8.00. The summed E-state index contributed by atoms with van der Waals surface area (Å²) < 4.78 is 5.78. The second-order valence-electron chi connectivity index (χ2n) is 6.40. The SMILES string of the molecule is O=C(O)C(Cc1ccc(OCCSc2ccc(Cl)cc2)cc1)Nc1ccccc1. The third-order valence-electron chi connectivity index (χ3n) is 4.21. The van der Waals surface area contributed by atoms with Crippen LogP contribution >= 0.6 is 23.4 Å². The normalized spacial score (nSPS) is 11.6. The van der Waals surface area contributed by atoms with E-state index in [9.17, 15) is 9.90 Å². The Bertz CT molecular complexity index is 902. The van der Waals surface area contributed by atoms with Gasteiger partial charge in [0.1, 0.15) is 11.8 Å². The Balaban J connectivity index is 1.47. The van der Waals surface area contributed by atoms with E-state index >= 15 is 0 Å². The number of carboxylic acid groups (broad SMARTS) is 1. The van der Waals surface area contributed by atoms with Crippen LogP contribution in [0.15, 0.2) is 83.8 Å². The zero-order chi connectivity index (χ0) is 20.5. The summed E-state index contributed by atoms with van der Waals surface area (Å²) >= 11 is 7.59. The molecule has 0 aliphatic heterocycles. The highest BCUT2D eigenvalue weighted by Gasteiger charge is 2.17. The second kappa shape index (κ2) is 10.8. The molecule has 0 aliphatic rings. The van der Waals surface area contributed by atoms with Gasteiger partial charge in [0.2, 0.25) is 0 Å². The Morgan fingerprint density at radius 2 is 1.69 bits per heavy atom. The number of thioether (sulfide) groups is 1. The van der Waals surface area contributed by atoms with Crippen molar-refractivity contribution in [3.05, 3.63) is 89.4 Å². The van der Waals surface area contributed by atoms with Gasteiger partial charge in [-0.2, -0.15) is 0 Å². The van der Waals surface area contributed by atoms with Crippen molar-refractivity contribution in [3.8, 4) is 5.75 Å². The third kappa shape index (κ3) is 7.04. The molecular weight excluding hydrogens is 406 g/mol. The summed E-state index contributed by atoms with van der Waals surface area (Å²) in [7, 11) is 0. The number of hydrogen-bond donors (Lipinski definition) is 2. The number of para-hydroxylation sites is 1. The van der Waals surface area contributed by atoms with E-state index in [1.807, 2.05) is 78.9 Å². The van der Waals surface area contributed by atoms with Crippen molar-refractivity contribution in [3.63, 3.8) is 0 Å². The minimum absolute atomic E-state index is 0.386. The van der Waals surface area contributed by atoms with Crippen LogP contribution in [0.25, 0.3) is 0 Å². The van der Waals surface area contributed by atoms with Gasteiger partial charge in [0, 0.05) is 27.8 Å². The minimum Gasteiger partial charge on any atom is -0.493 e. The molecule has 29 heavy (non-hydrogen) atoms. The van der Waals surface area contributed by atoms with Gasteiger partial charge in [-0.25, -0.2) is 4.79 Å². The number of hydrogen-bond acceptors (Lipinski definition) is 4. The van der Waals surface area contributed by atoms with Crippen LogP contribution < -0.4 is 10.1 Å². The monoisotopic (exact) mass is 427 g/mol. The number of carbonyl (C=O) groups is 1. The largest absolute Gasteiger partial charge is 0.493 e. The molecule has 0 heterocycles. The Kier molecular flexibility index (Phi) is 7.85. The summed E-state index contributed by atoms with van der Waals surface area (Å²) in [5, 5.41) is 13.3. The number of benzene rings is 3. The van der Waals surface area contributed by atoms with Crippen molar-refractivity contribution in [2.24, 2.45) is 0 Å². The smallest absolute Gasteiger partial charge is 0.326 e. The summed E-state index contributed by atoms with van der Waals surface area (Å²) in [6.07, 6.45) is 0.386. The minimum atomic E-state index is -0.881. The van der Waals surface area contributed by atoms with E-state index in [1.165, 1.54) is 0 Å². The van der Waals surface area contributed by atoms with Gasteiger partial charge in [-0.3, -0.25) is 0 Å². The third-order valence-corrected chi connectivity index (χ3v) is 5.44. The van der Waals surface area contributed by atoms with Gasteiger partial charge in [0.25, 0.3) is 0 Å². The molecule has 0 fully saturated rings. The Labute approximate surface area is 179 Å². The van der Waals surface area contributed by atoms with E-state index in [4.69, 9.17) is 16.3 Å². The van der Waals surface area contributed by atoms with E-state index in [-0.39, 0.29) is 0 Å². The molecular formula is C23H22ClNO3S. The van der Waals surface area contributed by atoms with Crippen molar-refractivity contribution in [1.29, 1.82) is 0 Å². The molecule has 150 valence electrons. The van der Waals surface area contributed by atoms with Crippen molar-refractivity contribution < 1.29 is 14.6 Å². The number of halogens is 1. The first-order valence-electron chi connectivity index (χ1n) is 9.24. The average molecular weight is 428 g/mol. The summed E-state index contributed by atoms with van der Waals surface area (Å²) in [6, 6.07) is 24.0. The highest BCUT2D eigenvalue weighted by molar-refractivity contribution is 7.99. The molecule has 0 aromatic heterocycles. The van der Waals surface area contributed by atoms with Crippen LogP contribution in [-0.4, -0.2) is 29.5 Å². The molecule has 3 aromatic carbocycles. The van der Waals surface area contributed by atoms with Crippen LogP contribution in [0.4, 0.5) is 5.69 Å². The number of aliphatic carboxylic acids is 1. The van der Waals surface area contributed by atoms with Gasteiger partial charge in [-0.05, 0) is 54.1 Å². The molecule has 6 heteroatoms. The lowest BCUT2D eigenvalue weighted by molar-refractivity contribution is -0.137. The van der Waals surface area contributed by atoms with Crippen molar-refractivity contribution >= 4 is 35.0 Å². The van der Waals surface area contributed by atoms with Crippen LogP contribution in [0.2, 0.25) is 5.02 Å². The quantitative estimate of drug-likeness (QED) is 0.325. The molecule has 0 saturated carbocycles. The van der Waals surface area contributed by atoms with Crippen molar-refractivity contribution in [1.82, 2.24) is 0 Å². The summed E-state index contributed by atoms with van der Waals surface area (Å²) in [6.45, 7) is 0.583. The first-order valence-corrected chi connectivity index (χ1v) is 10.6. The number of ether oxygens (including phenoxy) is 1. The van der Waals surface area contributed by atoms with Gasteiger partial charge >= 0.3 is 5.97 Å². The van der Waals surface area contributed by atoms with Gasteiger partial charge in [0.15, 0.2) is 0 Å². The standard InChI is InChI=1S/C23H22ClNO3S/c24-18-8-12-21(13-9-18)29-15-14-28-20-10-6-17(7-11-20)16-22(23(26)27)25-19-4-2-1-3-5-19/h1-13,22,25H,14-16H2,(H,26,27). The molecule has 0 spiro atoms. The van der Waals surface area contributed by atoms with E-state index < -0.39 is 12.0 Å². The van der Waals surface area contributed by atoms with E-state index in [0.29, 0.717) is 13.0 Å². The van der Waals surface area contributed by atoms with Gasteiger partial charge in [-0.15, -0.1) is 11.8 Å². The van der Waals surface area contributed by atoms with Crippen molar-refractivity contribution in [2.45, 2.75) is 17.4 Å².